The van der Waals surface area contributed by atoms with Gasteiger partial charge in [0, 0.05) is 22.9 Å². The van der Waals surface area contributed by atoms with E-state index < -0.39 is 0 Å². The Balaban J connectivity index is 2.06. The molecule has 0 spiro atoms. The number of halogens is 1. The zero-order chi connectivity index (χ0) is 15.2. The first-order valence-corrected chi connectivity index (χ1v) is 8.05. The van der Waals surface area contributed by atoms with Gasteiger partial charge in [0.2, 0.25) is 0 Å². The van der Waals surface area contributed by atoms with E-state index in [0.717, 1.165) is 24.2 Å². The molecule has 1 N–H and O–H groups in total. The molecule has 1 heterocycles. The fourth-order valence-corrected chi connectivity index (χ4v) is 3.01. The van der Waals surface area contributed by atoms with Crippen LogP contribution in [-0.4, -0.2) is 18.1 Å². The number of hydrogen-bond acceptors (Lipinski definition) is 4. The highest BCUT2D eigenvalue weighted by Crippen LogP contribution is 2.28. The summed E-state index contributed by atoms with van der Waals surface area (Å²) >= 11 is 1.61. The van der Waals surface area contributed by atoms with Gasteiger partial charge in [-0.1, -0.05) is 19.1 Å². The van der Waals surface area contributed by atoms with Crippen molar-refractivity contribution in [3.63, 3.8) is 0 Å². The van der Waals surface area contributed by atoms with Gasteiger partial charge in [-0.3, -0.25) is 0 Å². The topological polar surface area (TPSA) is 34.1 Å². The van der Waals surface area contributed by atoms with Crippen molar-refractivity contribution < 1.29 is 9.13 Å². The van der Waals surface area contributed by atoms with Crippen LogP contribution >= 0.6 is 11.3 Å². The van der Waals surface area contributed by atoms with Crippen molar-refractivity contribution in [3.8, 4) is 5.75 Å². The lowest BCUT2D eigenvalue weighted by molar-refractivity contribution is 0.299. The van der Waals surface area contributed by atoms with Gasteiger partial charge in [-0.25, -0.2) is 9.37 Å². The van der Waals surface area contributed by atoms with Gasteiger partial charge in [-0.05, 0) is 26.5 Å². The molecule has 2 rings (SSSR count). The number of aromatic nitrogens is 1. The molecule has 5 heteroatoms. The molecule has 1 aromatic carbocycles. The zero-order valence-corrected chi connectivity index (χ0v) is 13.5. The molecule has 0 saturated heterocycles. The van der Waals surface area contributed by atoms with Crippen LogP contribution in [0.25, 0.3) is 0 Å². The van der Waals surface area contributed by atoms with Crippen LogP contribution in [0.3, 0.4) is 0 Å². The average Bonchev–Trinajstić information content (AvgIpc) is 2.86. The van der Waals surface area contributed by atoms with E-state index in [1.165, 1.54) is 10.9 Å². The fourth-order valence-electron chi connectivity index (χ4n) is 2.25. The van der Waals surface area contributed by atoms with Crippen LogP contribution in [0, 0.1) is 12.7 Å². The minimum atomic E-state index is -0.307. The summed E-state index contributed by atoms with van der Waals surface area (Å²) in [5.74, 6) is 0.0476. The van der Waals surface area contributed by atoms with Gasteiger partial charge >= 0.3 is 0 Å². The van der Waals surface area contributed by atoms with E-state index in [-0.39, 0.29) is 11.9 Å². The van der Waals surface area contributed by atoms with E-state index in [2.05, 4.69) is 10.3 Å². The van der Waals surface area contributed by atoms with E-state index in [0.29, 0.717) is 12.4 Å². The van der Waals surface area contributed by atoms with Gasteiger partial charge in [0.25, 0.3) is 0 Å². The lowest BCUT2D eigenvalue weighted by atomic mass is 10.1. The van der Waals surface area contributed by atoms with E-state index >= 15 is 0 Å². The molecule has 0 aliphatic carbocycles. The molecule has 3 nitrogen and oxygen atoms in total. The monoisotopic (exact) mass is 308 g/mol. The molecule has 21 heavy (non-hydrogen) atoms. The normalized spacial score (nSPS) is 12.4. The maximum atomic E-state index is 14.0. The van der Waals surface area contributed by atoms with Gasteiger partial charge in [0.1, 0.15) is 0 Å². The van der Waals surface area contributed by atoms with Gasteiger partial charge in [-0.15, -0.1) is 11.3 Å². The number of aryl methyl sites for hydroxylation is 1. The number of para-hydroxylation sites is 1. The maximum Gasteiger partial charge on any atom is 0.165 e. The summed E-state index contributed by atoms with van der Waals surface area (Å²) in [7, 11) is 0. The van der Waals surface area contributed by atoms with E-state index in [1.54, 1.807) is 17.4 Å². The predicted molar refractivity (Wildman–Crippen MR) is 84.5 cm³/mol. The van der Waals surface area contributed by atoms with Crippen LogP contribution < -0.4 is 10.1 Å². The molecule has 1 unspecified atom stereocenters. The third kappa shape index (κ3) is 4.02. The third-order valence-electron chi connectivity index (χ3n) is 3.39. The fraction of sp³-hybridized carbons (Fsp3) is 0.438. The zero-order valence-electron chi connectivity index (χ0n) is 12.6. The summed E-state index contributed by atoms with van der Waals surface area (Å²) in [6.07, 6.45) is 0.750. The van der Waals surface area contributed by atoms with Gasteiger partial charge in [-0.2, -0.15) is 0 Å². The summed E-state index contributed by atoms with van der Waals surface area (Å²) in [6, 6.07) is 5.13. The van der Waals surface area contributed by atoms with Crippen molar-refractivity contribution in [2.45, 2.75) is 33.2 Å². The highest BCUT2D eigenvalue weighted by Gasteiger charge is 2.15. The molecule has 0 radical (unpaired) electrons. The number of thiazole rings is 1. The lowest BCUT2D eigenvalue weighted by Crippen LogP contribution is -2.19. The number of ether oxygens (including phenoxy) is 1. The van der Waals surface area contributed by atoms with Crippen LogP contribution in [0.2, 0.25) is 0 Å². The quantitative estimate of drug-likeness (QED) is 0.843. The Morgan fingerprint density at radius 2 is 2.24 bits per heavy atom. The number of rotatable bonds is 7. The Hall–Kier alpha value is -1.46. The Kier molecular flexibility index (Phi) is 5.70. The molecule has 0 fully saturated rings. The Labute approximate surface area is 129 Å². The summed E-state index contributed by atoms with van der Waals surface area (Å²) < 4.78 is 19.8. The lowest BCUT2D eigenvalue weighted by Gasteiger charge is -2.18. The van der Waals surface area contributed by atoms with E-state index in [4.69, 9.17) is 4.74 Å². The van der Waals surface area contributed by atoms with Gasteiger partial charge in [0.05, 0.1) is 17.8 Å². The first kappa shape index (κ1) is 15.9. The summed E-state index contributed by atoms with van der Waals surface area (Å²) in [5.41, 5.74) is 3.71. The Morgan fingerprint density at radius 1 is 1.43 bits per heavy atom. The molecule has 0 bridgehead atoms. The molecule has 114 valence electrons. The van der Waals surface area contributed by atoms with Crippen LogP contribution in [0.4, 0.5) is 4.39 Å². The summed E-state index contributed by atoms with van der Waals surface area (Å²) in [6.45, 7) is 7.31. The molecule has 1 aromatic heterocycles. The minimum absolute atomic E-state index is 0.0610. The molecule has 0 aliphatic heterocycles. The van der Waals surface area contributed by atoms with Crippen LogP contribution in [0.15, 0.2) is 23.7 Å². The smallest absolute Gasteiger partial charge is 0.165 e. The Morgan fingerprint density at radius 3 is 2.90 bits per heavy atom. The second-order valence-corrected chi connectivity index (χ2v) is 5.84. The van der Waals surface area contributed by atoms with E-state index in [9.17, 15) is 4.39 Å². The second kappa shape index (κ2) is 7.52. The molecular formula is C16H21FN2OS. The predicted octanol–water partition coefficient (Wildman–Crippen LogP) is 3.88. The molecule has 0 amide bonds. The van der Waals surface area contributed by atoms with Crippen LogP contribution in [-0.2, 0) is 6.42 Å². The molecule has 0 saturated carbocycles. The Bertz CT molecular complexity index is 585. The van der Waals surface area contributed by atoms with Crippen molar-refractivity contribution in [3.05, 3.63) is 45.7 Å². The van der Waals surface area contributed by atoms with Crippen LogP contribution in [0.5, 0.6) is 5.75 Å². The minimum Gasteiger partial charge on any atom is -0.490 e. The summed E-state index contributed by atoms with van der Waals surface area (Å²) in [4.78, 5) is 5.40. The number of nitrogens with one attached hydrogen (secondary N) is 1. The van der Waals surface area contributed by atoms with E-state index in [1.807, 2.05) is 32.3 Å². The number of nitrogens with zero attached hydrogens (tertiary/aromatic N) is 1. The van der Waals surface area contributed by atoms with Crippen molar-refractivity contribution >= 4 is 11.3 Å². The third-order valence-corrected chi connectivity index (χ3v) is 4.39. The first-order valence-electron chi connectivity index (χ1n) is 7.17. The largest absolute Gasteiger partial charge is 0.490 e. The van der Waals surface area contributed by atoms with Crippen molar-refractivity contribution in [1.29, 1.82) is 0 Å². The van der Waals surface area contributed by atoms with Crippen LogP contribution in [0.1, 0.15) is 36.0 Å². The van der Waals surface area contributed by atoms with Crippen molar-refractivity contribution in [2.24, 2.45) is 0 Å². The molecule has 1 atom stereocenters. The molecule has 0 aliphatic rings. The number of hydrogen-bond donors (Lipinski definition) is 1. The van der Waals surface area contributed by atoms with Gasteiger partial charge < -0.3 is 10.1 Å². The number of benzene rings is 1. The molecule has 2 aromatic rings. The highest BCUT2D eigenvalue weighted by atomic mass is 32.1. The highest BCUT2D eigenvalue weighted by molar-refractivity contribution is 7.09. The van der Waals surface area contributed by atoms with Gasteiger partial charge in [0.15, 0.2) is 11.6 Å². The molecular weight excluding hydrogens is 287 g/mol. The van der Waals surface area contributed by atoms with Crippen molar-refractivity contribution in [2.75, 3.05) is 13.2 Å². The summed E-state index contributed by atoms with van der Waals surface area (Å²) in [5, 5.41) is 3.29. The first-order chi connectivity index (χ1) is 10.1. The second-order valence-electron chi connectivity index (χ2n) is 4.90. The van der Waals surface area contributed by atoms with Crippen molar-refractivity contribution in [1.82, 2.24) is 10.3 Å². The maximum absolute atomic E-state index is 14.0. The average molecular weight is 308 g/mol. The SMILES string of the molecule is CCNC(C)c1cccc(F)c1OCCc1scnc1C. The standard InChI is InChI=1S/C16H21FN2OS/c1-4-18-11(2)13-6-5-7-14(17)16(13)20-9-8-15-12(3)19-10-21-15/h5-7,10-11,18H,4,8-9H2,1-3H3.